The molecule has 104 valence electrons. The second-order valence-corrected chi connectivity index (χ2v) is 5.13. The fourth-order valence-corrected chi connectivity index (χ4v) is 2.20. The molecule has 0 aliphatic heterocycles. The van der Waals surface area contributed by atoms with E-state index in [1.807, 2.05) is 19.1 Å². The Morgan fingerprint density at radius 2 is 2.00 bits per heavy atom. The molecule has 0 aromatic heterocycles. The lowest BCUT2D eigenvalue weighted by Gasteiger charge is -2.09. The summed E-state index contributed by atoms with van der Waals surface area (Å²) in [6.07, 6.45) is 0. The lowest BCUT2D eigenvalue weighted by molar-refractivity contribution is -0.384. The topological polar surface area (TPSA) is 55.2 Å². The van der Waals surface area contributed by atoms with E-state index in [-0.39, 0.29) is 5.69 Å². The Bertz CT molecular complexity index is 660. The van der Waals surface area contributed by atoms with Crippen LogP contribution in [-0.4, -0.2) is 4.92 Å². The molecule has 0 saturated heterocycles. The Morgan fingerprint density at radius 1 is 1.25 bits per heavy atom. The van der Waals surface area contributed by atoms with Crippen LogP contribution in [0.5, 0.6) is 0 Å². The van der Waals surface area contributed by atoms with Crippen molar-refractivity contribution in [3.8, 4) is 0 Å². The van der Waals surface area contributed by atoms with Gasteiger partial charge < -0.3 is 5.32 Å². The first-order valence-corrected chi connectivity index (χ1v) is 6.66. The average Bonchev–Trinajstić information content (AvgIpc) is 2.41. The summed E-state index contributed by atoms with van der Waals surface area (Å²) in [6, 6.07) is 10.3. The Hall–Kier alpha value is -1.78. The highest BCUT2D eigenvalue weighted by atomic mass is 35.5. The summed E-state index contributed by atoms with van der Waals surface area (Å²) in [5.74, 6) is 0. The molecule has 0 aliphatic carbocycles. The predicted octanol–water partition coefficient (Wildman–Crippen LogP) is 4.82. The van der Waals surface area contributed by atoms with E-state index in [1.54, 1.807) is 18.2 Å². The van der Waals surface area contributed by atoms with Gasteiger partial charge in [0.2, 0.25) is 0 Å². The van der Waals surface area contributed by atoms with Gasteiger partial charge in [0.05, 0.1) is 15.0 Å². The molecule has 0 fully saturated rings. The van der Waals surface area contributed by atoms with Gasteiger partial charge in [0.25, 0.3) is 5.69 Å². The van der Waals surface area contributed by atoms with Gasteiger partial charge in [-0.1, -0.05) is 41.4 Å². The van der Waals surface area contributed by atoms with Crippen LogP contribution in [0.25, 0.3) is 0 Å². The average molecular weight is 311 g/mol. The molecule has 0 amide bonds. The smallest absolute Gasteiger partial charge is 0.292 e. The van der Waals surface area contributed by atoms with Crippen LogP contribution < -0.4 is 5.32 Å². The zero-order valence-electron chi connectivity index (χ0n) is 10.7. The molecule has 2 aromatic carbocycles. The molecule has 20 heavy (non-hydrogen) atoms. The van der Waals surface area contributed by atoms with Crippen molar-refractivity contribution < 1.29 is 4.92 Å². The maximum Gasteiger partial charge on any atom is 0.292 e. The molecule has 0 aliphatic rings. The van der Waals surface area contributed by atoms with Gasteiger partial charge in [-0.25, -0.2) is 0 Å². The maximum absolute atomic E-state index is 11.0. The minimum absolute atomic E-state index is 0.0446. The second kappa shape index (κ2) is 6.11. The zero-order valence-corrected chi connectivity index (χ0v) is 12.2. The molecule has 0 radical (unpaired) electrons. The van der Waals surface area contributed by atoms with E-state index in [9.17, 15) is 10.1 Å². The highest BCUT2D eigenvalue weighted by Gasteiger charge is 2.14. The van der Waals surface area contributed by atoms with Crippen molar-refractivity contribution in [1.29, 1.82) is 0 Å². The van der Waals surface area contributed by atoms with E-state index < -0.39 is 4.92 Å². The van der Waals surface area contributed by atoms with Crippen LogP contribution in [0.3, 0.4) is 0 Å². The van der Waals surface area contributed by atoms with Gasteiger partial charge in [-0.3, -0.25) is 10.1 Å². The zero-order chi connectivity index (χ0) is 14.7. The highest BCUT2D eigenvalue weighted by Crippen LogP contribution is 2.29. The molecular weight excluding hydrogens is 299 g/mol. The van der Waals surface area contributed by atoms with E-state index in [1.165, 1.54) is 6.07 Å². The van der Waals surface area contributed by atoms with Crippen LogP contribution in [0.1, 0.15) is 11.1 Å². The van der Waals surface area contributed by atoms with Gasteiger partial charge >= 0.3 is 0 Å². The summed E-state index contributed by atoms with van der Waals surface area (Å²) >= 11 is 12.0. The number of hydrogen-bond donors (Lipinski definition) is 1. The summed E-state index contributed by atoms with van der Waals surface area (Å²) in [6.45, 7) is 2.17. The van der Waals surface area contributed by atoms with Crippen LogP contribution in [0.2, 0.25) is 10.0 Å². The lowest BCUT2D eigenvalue weighted by Crippen LogP contribution is -2.03. The molecule has 2 rings (SSSR count). The van der Waals surface area contributed by atoms with Crippen LogP contribution in [0.4, 0.5) is 11.4 Å². The molecule has 0 unspecified atom stereocenters. The molecule has 4 nitrogen and oxygen atoms in total. The standard InChI is InChI=1S/C14H12Cl2N2O2/c1-9-5-6-12(13(7-9)18(19)20)17-8-10-3-2-4-11(15)14(10)16/h2-7,17H,8H2,1H3. The number of nitro benzene ring substituents is 1. The third-order valence-corrected chi connectivity index (χ3v) is 3.71. The number of hydrogen-bond acceptors (Lipinski definition) is 3. The van der Waals surface area contributed by atoms with Crippen LogP contribution in [-0.2, 0) is 6.54 Å². The van der Waals surface area contributed by atoms with E-state index in [0.29, 0.717) is 22.3 Å². The Balaban J connectivity index is 2.23. The monoisotopic (exact) mass is 310 g/mol. The number of benzene rings is 2. The van der Waals surface area contributed by atoms with Gasteiger partial charge in [-0.15, -0.1) is 0 Å². The number of nitrogens with one attached hydrogen (secondary N) is 1. The first-order chi connectivity index (χ1) is 9.49. The van der Waals surface area contributed by atoms with Crippen LogP contribution in [0, 0.1) is 17.0 Å². The molecule has 1 N–H and O–H groups in total. The van der Waals surface area contributed by atoms with Crippen molar-refractivity contribution >= 4 is 34.6 Å². The first kappa shape index (κ1) is 14.6. The Morgan fingerprint density at radius 3 is 2.70 bits per heavy atom. The molecule has 0 heterocycles. The first-order valence-electron chi connectivity index (χ1n) is 5.91. The highest BCUT2D eigenvalue weighted by molar-refractivity contribution is 6.42. The van der Waals surface area contributed by atoms with Crippen molar-refractivity contribution in [3.05, 3.63) is 67.7 Å². The summed E-state index contributed by atoms with van der Waals surface area (Å²) in [5, 5.41) is 15.0. The van der Waals surface area contributed by atoms with Crippen molar-refractivity contribution in [3.63, 3.8) is 0 Å². The van der Waals surface area contributed by atoms with E-state index in [0.717, 1.165) is 11.1 Å². The molecule has 0 spiro atoms. The van der Waals surface area contributed by atoms with Gasteiger partial charge in [0, 0.05) is 12.6 Å². The van der Waals surface area contributed by atoms with Crippen LogP contribution in [0.15, 0.2) is 36.4 Å². The fraction of sp³-hybridized carbons (Fsp3) is 0.143. The number of rotatable bonds is 4. The minimum Gasteiger partial charge on any atom is -0.375 e. The molecular formula is C14H12Cl2N2O2. The van der Waals surface area contributed by atoms with Gasteiger partial charge in [0.1, 0.15) is 5.69 Å². The quantitative estimate of drug-likeness (QED) is 0.650. The van der Waals surface area contributed by atoms with Gasteiger partial charge in [-0.2, -0.15) is 0 Å². The maximum atomic E-state index is 11.0. The number of aryl methyl sites for hydroxylation is 1. The van der Waals surface area contributed by atoms with Crippen LogP contribution >= 0.6 is 23.2 Å². The molecule has 6 heteroatoms. The van der Waals surface area contributed by atoms with E-state index in [2.05, 4.69) is 5.32 Å². The number of nitro groups is 1. The normalized spacial score (nSPS) is 10.3. The second-order valence-electron chi connectivity index (χ2n) is 4.34. The Kier molecular flexibility index (Phi) is 4.47. The van der Waals surface area contributed by atoms with Crippen molar-refractivity contribution in [2.24, 2.45) is 0 Å². The molecule has 2 aromatic rings. The fourth-order valence-electron chi connectivity index (χ4n) is 1.82. The third-order valence-electron chi connectivity index (χ3n) is 2.85. The van der Waals surface area contributed by atoms with Crippen molar-refractivity contribution in [2.75, 3.05) is 5.32 Å². The largest absolute Gasteiger partial charge is 0.375 e. The Labute approximate surface area is 126 Å². The predicted molar refractivity (Wildman–Crippen MR) is 81.6 cm³/mol. The van der Waals surface area contributed by atoms with E-state index in [4.69, 9.17) is 23.2 Å². The number of anilines is 1. The van der Waals surface area contributed by atoms with Gasteiger partial charge in [0.15, 0.2) is 0 Å². The molecule has 0 saturated carbocycles. The number of nitrogens with zero attached hydrogens (tertiary/aromatic N) is 1. The summed E-state index contributed by atoms with van der Waals surface area (Å²) in [7, 11) is 0. The third kappa shape index (κ3) is 3.21. The van der Waals surface area contributed by atoms with Crippen molar-refractivity contribution in [1.82, 2.24) is 0 Å². The summed E-state index contributed by atoms with van der Waals surface area (Å²) < 4.78 is 0. The van der Waals surface area contributed by atoms with Crippen molar-refractivity contribution in [2.45, 2.75) is 13.5 Å². The SMILES string of the molecule is Cc1ccc(NCc2cccc(Cl)c2Cl)c([N+](=O)[O-])c1. The van der Waals surface area contributed by atoms with Gasteiger partial charge in [-0.05, 0) is 30.2 Å². The molecule has 0 atom stereocenters. The number of halogens is 2. The summed E-state index contributed by atoms with van der Waals surface area (Å²) in [5.41, 5.74) is 2.12. The van der Waals surface area contributed by atoms with E-state index >= 15 is 0 Å². The molecule has 0 bridgehead atoms. The summed E-state index contributed by atoms with van der Waals surface area (Å²) in [4.78, 5) is 10.6. The lowest BCUT2D eigenvalue weighted by atomic mass is 10.1. The minimum atomic E-state index is -0.408.